The molecule has 2 aromatic rings. The van der Waals surface area contributed by atoms with E-state index in [1.54, 1.807) is 0 Å². The summed E-state index contributed by atoms with van der Waals surface area (Å²) in [4.78, 5) is 15.9. The molecule has 1 unspecified atom stereocenters. The van der Waals surface area contributed by atoms with Crippen LogP contribution >= 0.6 is 0 Å². The van der Waals surface area contributed by atoms with Gasteiger partial charge in [0.2, 0.25) is 0 Å². The molecule has 2 heterocycles. The summed E-state index contributed by atoms with van der Waals surface area (Å²) in [6.07, 6.45) is 12.3. The van der Waals surface area contributed by atoms with E-state index in [4.69, 9.17) is 0 Å². The smallest absolute Gasteiger partial charge is 0.329 e. The maximum Gasteiger partial charge on any atom is 0.329 e. The molecule has 1 aliphatic heterocycles. The molecule has 1 aromatic heterocycles. The summed E-state index contributed by atoms with van der Waals surface area (Å²) >= 11 is 0. The molecule has 5 nitrogen and oxygen atoms in total. The number of hydrogen-bond acceptors (Lipinski definition) is 3. The zero-order valence-corrected chi connectivity index (χ0v) is 19.1. The van der Waals surface area contributed by atoms with E-state index in [0.29, 0.717) is 12.0 Å². The number of fused-ring (bicyclic) bond motifs is 1. The molecule has 5 heteroatoms. The Bertz CT molecular complexity index is 955. The van der Waals surface area contributed by atoms with Crippen LogP contribution in [0.2, 0.25) is 0 Å². The zero-order chi connectivity index (χ0) is 21.4. The highest BCUT2D eigenvalue weighted by Crippen LogP contribution is 2.53. The fourth-order valence-corrected chi connectivity index (χ4v) is 7.35. The van der Waals surface area contributed by atoms with E-state index in [1.807, 2.05) is 34.3 Å². The topological polar surface area (TPSA) is 50.4 Å². The van der Waals surface area contributed by atoms with Crippen molar-refractivity contribution in [1.82, 2.24) is 14.0 Å². The first kappa shape index (κ1) is 21.3. The van der Waals surface area contributed by atoms with Gasteiger partial charge in [0.05, 0.1) is 11.0 Å². The fraction of sp³-hybridized carbons (Fsp3) is 0.731. The van der Waals surface area contributed by atoms with Crippen LogP contribution in [0.25, 0.3) is 11.0 Å². The summed E-state index contributed by atoms with van der Waals surface area (Å²) in [6, 6.07) is 8.22. The zero-order valence-electron chi connectivity index (χ0n) is 19.1. The van der Waals surface area contributed by atoms with Crippen LogP contribution in [0.3, 0.4) is 0 Å². The van der Waals surface area contributed by atoms with E-state index >= 15 is 0 Å². The van der Waals surface area contributed by atoms with Crippen molar-refractivity contribution in [2.45, 2.75) is 77.3 Å². The van der Waals surface area contributed by atoms with E-state index in [-0.39, 0.29) is 24.3 Å². The molecule has 3 aliphatic rings. The van der Waals surface area contributed by atoms with Gasteiger partial charge in [0.15, 0.2) is 0 Å². The molecule has 0 amide bonds. The standard InChI is InChI=1S/C26H39N3O2/c1-2-28-23-10-3-4-11-24(23)29(25(28)31)22-12-16-27(17-20(22)19-30)18-21-9-5-6-13-26(21)14-7-8-15-26/h3-4,10-11,20-22,30H,2,5-9,12-19H2,1H3/t20-,21?,22+/m0/s1. The summed E-state index contributed by atoms with van der Waals surface area (Å²) in [5.41, 5.74) is 2.72. The molecule has 1 aromatic carbocycles. The van der Waals surface area contributed by atoms with E-state index in [1.165, 1.54) is 57.9 Å². The molecule has 1 saturated heterocycles. The first-order valence-electron chi connectivity index (χ1n) is 12.7. The van der Waals surface area contributed by atoms with Crippen LogP contribution < -0.4 is 5.69 Å². The molecule has 3 atom stereocenters. The third kappa shape index (κ3) is 3.68. The largest absolute Gasteiger partial charge is 0.396 e. The Hall–Kier alpha value is -1.59. The van der Waals surface area contributed by atoms with Gasteiger partial charge < -0.3 is 10.0 Å². The van der Waals surface area contributed by atoms with Gasteiger partial charge in [0, 0.05) is 44.7 Å². The number of hydrogen-bond donors (Lipinski definition) is 1. The van der Waals surface area contributed by atoms with Crippen LogP contribution in [-0.4, -0.2) is 45.4 Å². The minimum atomic E-state index is 0.0813. The highest BCUT2D eigenvalue weighted by atomic mass is 16.3. The van der Waals surface area contributed by atoms with Crippen LogP contribution in [0.1, 0.15) is 70.8 Å². The van der Waals surface area contributed by atoms with Crippen LogP contribution in [0.5, 0.6) is 0 Å². The number of benzene rings is 1. The molecule has 2 aliphatic carbocycles. The van der Waals surface area contributed by atoms with Gasteiger partial charge in [-0.3, -0.25) is 9.13 Å². The van der Waals surface area contributed by atoms with Gasteiger partial charge in [0.25, 0.3) is 0 Å². The van der Waals surface area contributed by atoms with Gasteiger partial charge >= 0.3 is 5.69 Å². The number of aliphatic hydroxyl groups excluding tert-OH is 1. The van der Waals surface area contributed by atoms with E-state index in [0.717, 1.165) is 36.5 Å². The van der Waals surface area contributed by atoms with E-state index in [9.17, 15) is 9.90 Å². The lowest BCUT2D eigenvalue weighted by molar-refractivity contribution is 0.0238. The van der Waals surface area contributed by atoms with Crippen molar-refractivity contribution in [1.29, 1.82) is 0 Å². The lowest BCUT2D eigenvalue weighted by Gasteiger charge is -2.46. The Morgan fingerprint density at radius 2 is 1.74 bits per heavy atom. The number of likely N-dealkylation sites (tertiary alicyclic amines) is 1. The maximum atomic E-state index is 13.3. The lowest BCUT2D eigenvalue weighted by Crippen LogP contribution is -2.48. The fourth-order valence-electron chi connectivity index (χ4n) is 7.35. The Morgan fingerprint density at radius 1 is 1.03 bits per heavy atom. The van der Waals surface area contributed by atoms with E-state index < -0.39 is 0 Å². The van der Waals surface area contributed by atoms with Gasteiger partial charge in [-0.25, -0.2) is 4.79 Å². The Kier molecular flexibility index (Phi) is 6.00. The SMILES string of the molecule is CCn1c(=O)n([C@@H]2CCN(CC3CCCCC34CCCC4)C[C@H]2CO)c2ccccc21. The van der Waals surface area contributed by atoms with Gasteiger partial charge in [-0.1, -0.05) is 37.8 Å². The number of nitrogens with zero attached hydrogens (tertiary/aromatic N) is 3. The van der Waals surface area contributed by atoms with Gasteiger partial charge in [-0.15, -0.1) is 0 Å². The normalized spacial score (nSPS) is 29.2. The maximum absolute atomic E-state index is 13.3. The molecule has 0 bridgehead atoms. The molecule has 3 fully saturated rings. The minimum Gasteiger partial charge on any atom is -0.396 e. The molecule has 1 spiro atoms. The highest BCUT2D eigenvalue weighted by molar-refractivity contribution is 5.76. The average Bonchev–Trinajstić information content (AvgIpc) is 3.37. The summed E-state index contributed by atoms with van der Waals surface area (Å²) in [5, 5.41) is 10.3. The van der Waals surface area contributed by atoms with Crippen molar-refractivity contribution < 1.29 is 5.11 Å². The summed E-state index contributed by atoms with van der Waals surface area (Å²) in [6.45, 7) is 5.99. The van der Waals surface area contributed by atoms with Gasteiger partial charge in [-0.2, -0.15) is 0 Å². The van der Waals surface area contributed by atoms with Crippen molar-refractivity contribution in [3.63, 3.8) is 0 Å². The molecule has 170 valence electrons. The summed E-state index contributed by atoms with van der Waals surface area (Å²) in [5.74, 6) is 0.940. The van der Waals surface area contributed by atoms with Crippen molar-refractivity contribution >= 4 is 11.0 Å². The first-order chi connectivity index (χ1) is 15.2. The van der Waals surface area contributed by atoms with Gasteiger partial charge in [0.1, 0.15) is 0 Å². The second-order valence-corrected chi connectivity index (χ2v) is 10.5. The van der Waals surface area contributed by atoms with Crippen LogP contribution in [0.15, 0.2) is 29.1 Å². The number of imidazole rings is 1. The predicted octanol–water partition coefficient (Wildman–Crippen LogP) is 4.43. The number of aromatic nitrogens is 2. The third-order valence-electron chi connectivity index (χ3n) is 8.95. The van der Waals surface area contributed by atoms with E-state index in [2.05, 4.69) is 11.0 Å². The summed E-state index contributed by atoms with van der Waals surface area (Å²) in [7, 11) is 0. The Morgan fingerprint density at radius 3 is 2.45 bits per heavy atom. The molecule has 31 heavy (non-hydrogen) atoms. The predicted molar refractivity (Wildman–Crippen MR) is 125 cm³/mol. The number of aryl methyl sites for hydroxylation is 1. The third-order valence-corrected chi connectivity index (χ3v) is 8.95. The Balaban J connectivity index is 1.37. The second kappa shape index (κ2) is 8.74. The van der Waals surface area contributed by atoms with Crippen LogP contribution in [0.4, 0.5) is 0 Å². The lowest BCUT2D eigenvalue weighted by atomic mass is 9.65. The average molecular weight is 426 g/mol. The molecule has 0 radical (unpaired) electrons. The molecule has 5 rings (SSSR count). The van der Waals surface area contributed by atoms with Crippen molar-refractivity contribution in [3.05, 3.63) is 34.7 Å². The number of aliphatic hydroxyl groups is 1. The number of para-hydroxylation sites is 2. The monoisotopic (exact) mass is 425 g/mol. The molecular weight excluding hydrogens is 386 g/mol. The number of rotatable bonds is 5. The molecule has 1 N–H and O–H groups in total. The van der Waals surface area contributed by atoms with Crippen LogP contribution in [-0.2, 0) is 6.54 Å². The van der Waals surface area contributed by atoms with Gasteiger partial charge in [-0.05, 0) is 62.5 Å². The van der Waals surface area contributed by atoms with Crippen molar-refractivity contribution in [2.75, 3.05) is 26.2 Å². The van der Waals surface area contributed by atoms with Crippen molar-refractivity contribution in [3.8, 4) is 0 Å². The molecule has 2 saturated carbocycles. The van der Waals surface area contributed by atoms with Crippen molar-refractivity contribution in [2.24, 2.45) is 17.3 Å². The van der Waals surface area contributed by atoms with Crippen LogP contribution in [0, 0.1) is 17.3 Å². The first-order valence-corrected chi connectivity index (χ1v) is 12.7. The quantitative estimate of drug-likeness (QED) is 0.771. The Labute approximate surface area is 186 Å². The molecular formula is C26H39N3O2. The highest BCUT2D eigenvalue weighted by Gasteiger charge is 2.44. The number of piperidine rings is 1. The second-order valence-electron chi connectivity index (χ2n) is 10.5. The summed E-state index contributed by atoms with van der Waals surface area (Å²) < 4.78 is 3.87. The minimum absolute atomic E-state index is 0.0813.